The molecule has 1 aromatic rings. The maximum absolute atomic E-state index is 11.0. The Morgan fingerprint density at radius 2 is 2.47 bits per heavy atom. The molecule has 1 unspecified atom stereocenters. The van der Waals surface area contributed by atoms with Gasteiger partial charge in [0.05, 0.1) is 0 Å². The molecule has 0 spiro atoms. The highest BCUT2D eigenvalue weighted by atomic mass is 32.2. The van der Waals surface area contributed by atoms with Crippen LogP contribution in [0.15, 0.2) is 17.1 Å². The van der Waals surface area contributed by atoms with Crippen molar-refractivity contribution in [2.45, 2.75) is 11.8 Å². The van der Waals surface area contributed by atoms with Crippen LogP contribution in [-0.4, -0.2) is 32.1 Å². The first-order valence-corrected chi connectivity index (χ1v) is 7.36. The van der Waals surface area contributed by atoms with Crippen molar-refractivity contribution in [2.75, 3.05) is 17.3 Å². The van der Waals surface area contributed by atoms with E-state index in [4.69, 9.17) is 12.2 Å². The quantitative estimate of drug-likeness (QED) is 0.822. The molecule has 0 saturated carbocycles. The van der Waals surface area contributed by atoms with Gasteiger partial charge in [0, 0.05) is 41.3 Å². The lowest BCUT2D eigenvalue weighted by Gasteiger charge is -2.21. The lowest BCUT2D eigenvalue weighted by molar-refractivity contribution is 0.662. The van der Waals surface area contributed by atoms with E-state index in [1.165, 1.54) is 23.3 Å². The molecule has 0 aliphatic carbocycles. The van der Waals surface area contributed by atoms with Crippen molar-refractivity contribution in [1.29, 1.82) is 0 Å². The number of hydrogen-bond donors (Lipinski definition) is 1. The predicted octanol–water partition coefficient (Wildman–Crippen LogP) is 1.75. The topological polar surface area (TPSA) is 37.8 Å². The van der Waals surface area contributed by atoms with Crippen molar-refractivity contribution >= 4 is 35.7 Å². The zero-order valence-electron chi connectivity index (χ0n) is 8.14. The molecule has 3 nitrogen and oxygen atoms in total. The highest BCUT2D eigenvalue weighted by molar-refractivity contribution is 8.06. The normalized spacial score (nSPS) is 21.5. The molecular weight excluding hydrogens is 248 g/mol. The molecule has 0 radical (unpaired) electrons. The van der Waals surface area contributed by atoms with E-state index >= 15 is 0 Å². The molecule has 1 fully saturated rings. The molecule has 1 saturated heterocycles. The monoisotopic (exact) mass is 260 g/mol. The van der Waals surface area contributed by atoms with Gasteiger partial charge in [-0.3, -0.25) is 9.78 Å². The van der Waals surface area contributed by atoms with Crippen molar-refractivity contribution in [1.82, 2.24) is 9.55 Å². The molecule has 1 aliphatic heterocycles. The second-order valence-electron chi connectivity index (χ2n) is 3.33. The van der Waals surface area contributed by atoms with Crippen LogP contribution in [0.4, 0.5) is 0 Å². The minimum Gasteiger partial charge on any atom is -0.324 e. The van der Waals surface area contributed by atoms with Crippen molar-refractivity contribution in [3.05, 3.63) is 27.4 Å². The Balaban J connectivity index is 2.09. The number of nitrogens with zero attached hydrogens (tertiary/aromatic N) is 1. The van der Waals surface area contributed by atoms with Gasteiger partial charge in [-0.15, -0.1) is 0 Å². The summed E-state index contributed by atoms with van der Waals surface area (Å²) in [6.07, 6.45) is 1.78. The van der Waals surface area contributed by atoms with Crippen LogP contribution < -0.4 is 5.56 Å². The average molecular weight is 260 g/mol. The van der Waals surface area contributed by atoms with Crippen LogP contribution in [0, 0.1) is 4.77 Å². The molecule has 1 aromatic heterocycles. The molecule has 2 heterocycles. The van der Waals surface area contributed by atoms with Gasteiger partial charge in [0.25, 0.3) is 5.56 Å². The van der Waals surface area contributed by atoms with Crippen molar-refractivity contribution < 1.29 is 0 Å². The van der Waals surface area contributed by atoms with Gasteiger partial charge < -0.3 is 4.57 Å². The molecule has 82 valence electrons. The Hall–Kier alpha value is -0.200. The maximum Gasteiger partial charge on any atom is 0.251 e. The standard InChI is InChI=1S/C9H12N2OS3/c12-8-1-2-11(9(13)10-8)5-7-6-14-3-4-15-7/h1-2,7H,3-6H2,(H,10,12,13). The molecular formula is C9H12N2OS3. The minimum absolute atomic E-state index is 0.123. The first kappa shape index (κ1) is 11.3. The van der Waals surface area contributed by atoms with Crippen molar-refractivity contribution in [3.8, 4) is 0 Å². The fraction of sp³-hybridized carbons (Fsp3) is 0.556. The summed E-state index contributed by atoms with van der Waals surface area (Å²) in [5.74, 6) is 3.63. The van der Waals surface area contributed by atoms with Gasteiger partial charge in [0.2, 0.25) is 0 Å². The third-order valence-electron chi connectivity index (χ3n) is 2.18. The van der Waals surface area contributed by atoms with Crippen molar-refractivity contribution in [2.24, 2.45) is 0 Å². The second-order valence-corrected chi connectivity index (χ2v) is 6.27. The molecule has 2 rings (SSSR count). The number of H-pyrrole nitrogens is 1. The van der Waals surface area contributed by atoms with Gasteiger partial charge in [-0.2, -0.15) is 23.5 Å². The Kier molecular flexibility index (Phi) is 3.93. The number of thioether (sulfide) groups is 2. The maximum atomic E-state index is 11.0. The van der Waals surface area contributed by atoms with Crippen LogP contribution in [0.1, 0.15) is 0 Å². The largest absolute Gasteiger partial charge is 0.324 e. The van der Waals surface area contributed by atoms with Gasteiger partial charge in [0.15, 0.2) is 4.77 Å². The van der Waals surface area contributed by atoms with Crippen LogP contribution in [0.5, 0.6) is 0 Å². The van der Waals surface area contributed by atoms with Gasteiger partial charge in [-0.25, -0.2) is 0 Å². The number of aromatic nitrogens is 2. The smallest absolute Gasteiger partial charge is 0.251 e. The molecule has 0 aromatic carbocycles. The van der Waals surface area contributed by atoms with Crippen LogP contribution in [0.25, 0.3) is 0 Å². The number of nitrogens with one attached hydrogen (secondary N) is 1. The number of rotatable bonds is 2. The summed E-state index contributed by atoms with van der Waals surface area (Å²) in [5.41, 5.74) is -0.123. The van der Waals surface area contributed by atoms with E-state index < -0.39 is 0 Å². The van der Waals surface area contributed by atoms with Crippen molar-refractivity contribution in [3.63, 3.8) is 0 Å². The summed E-state index contributed by atoms with van der Waals surface area (Å²) in [4.78, 5) is 13.6. The number of hydrogen-bond acceptors (Lipinski definition) is 4. The zero-order chi connectivity index (χ0) is 10.7. The van der Waals surface area contributed by atoms with Gasteiger partial charge in [0.1, 0.15) is 0 Å². The van der Waals surface area contributed by atoms with Crippen LogP contribution in [-0.2, 0) is 6.54 Å². The van der Waals surface area contributed by atoms with Gasteiger partial charge in [-0.05, 0) is 12.2 Å². The van der Waals surface area contributed by atoms with E-state index in [1.807, 2.05) is 28.1 Å². The van der Waals surface area contributed by atoms with Gasteiger partial charge in [-0.1, -0.05) is 0 Å². The molecule has 15 heavy (non-hydrogen) atoms. The van der Waals surface area contributed by atoms with E-state index in [9.17, 15) is 4.79 Å². The Morgan fingerprint density at radius 3 is 3.13 bits per heavy atom. The van der Waals surface area contributed by atoms with E-state index in [1.54, 1.807) is 6.20 Å². The Labute approximate surface area is 102 Å². The SMILES string of the molecule is O=c1ccn(CC2CSCCS2)c(=S)[nH]1. The summed E-state index contributed by atoms with van der Waals surface area (Å²) in [6.45, 7) is 0.896. The van der Waals surface area contributed by atoms with E-state index in [-0.39, 0.29) is 5.56 Å². The van der Waals surface area contributed by atoms with E-state index in [2.05, 4.69) is 4.98 Å². The first-order chi connectivity index (χ1) is 7.25. The predicted molar refractivity (Wildman–Crippen MR) is 69.5 cm³/mol. The zero-order valence-corrected chi connectivity index (χ0v) is 10.6. The Morgan fingerprint density at radius 1 is 1.60 bits per heavy atom. The van der Waals surface area contributed by atoms with Crippen LogP contribution in [0.2, 0.25) is 0 Å². The highest BCUT2D eigenvalue weighted by Crippen LogP contribution is 2.24. The van der Waals surface area contributed by atoms with Gasteiger partial charge >= 0.3 is 0 Å². The van der Waals surface area contributed by atoms with E-state index in [0.717, 1.165) is 6.54 Å². The molecule has 1 atom stereocenters. The summed E-state index contributed by atoms with van der Waals surface area (Å²) in [7, 11) is 0. The molecule has 1 N–H and O–H groups in total. The highest BCUT2D eigenvalue weighted by Gasteiger charge is 2.14. The fourth-order valence-corrected chi connectivity index (χ4v) is 4.35. The van der Waals surface area contributed by atoms with E-state index in [0.29, 0.717) is 10.0 Å². The minimum atomic E-state index is -0.123. The second kappa shape index (κ2) is 5.23. The third kappa shape index (κ3) is 3.12. The third-order valence-corrected chi connectivity index (χ3v) is 5.35. The lowest BCUT2D eigenvalue weighted by Crippen LogP contribution is -2.22. The summed E-state index contributed by atoms with van der Waals surface area (Å²) < 4.78 is 2.47. The molecule has 0 amide bonds. The van der Waals surface area contributed by atoms with Crippen LogP contribution in [0.3, 0.4) is 0 Å². The lowest BCUT2D eigenvalue weighted by atomic mass is 10.4. The molecule has 1 aliphatic rings. The summed E-state index contributed by atoms with van der Waals surface area (Å²) in [5, 5.41) is 0.612. The summed E-state index contributed by atoms with van der Waals surface area (Å²) in [6, 6.07) is 1.52. The number of aromatic amines is 1. The molecule has 6 heteroatoms. The molecule has 0 bridgehead atoms. The first-order valence-electron chi connectivity index (χ1n) is 4.75. The Bertz CT molecular complexity index is 433. The average Bonchev–Trinajstić information content (AvgIpc) is 2.24. The van der Waals surface area contributed by atoms with Crippen LogP contribution >= 0.6 is 35.7 Å². The fourth-order valence-electron chi connectivity index (χ4n) is 1.45. The summed E-state index contributed by atoms with van der Waals surface area (Å²) >= 11 is 9.08.